The van der Waals surface area contributed by atoms with Crippen molar-refractivity contribution in [2.45, 2.75) is 20.3 Å². The Morgan fingerprint density at radius 1 is 1.47 bits per heavy atom. The zero-order valence-corrected chi connectivity index (χ0v) is 12.7. The highest BCUT2D eigenvalue weighted by atomic mass is 32.2. The highest BCUT2D eigenvalue weighted by Gasteiger charge is 2.08. The molecule has 0 saturated heterocycles. The first-order valence-electron chi connectivity index (χ1n) is 6.64. The lowest BCUT2D eigenvalue weighted by molar-refractivity contribution is 0.0944. The third-order valence-electron chi connectivity index (χ3n) is 2.64. The van der Waals surface area contributed by atoms with Crippen LogP contribution in [0.5, 0.6) is 0 Å². The average molecular weight is 281 g/mol. The van der Waals surface area contributed by atoms with Crippen molar-refractivity contribution in [3.8, 4) is 0 Å². The summed E-state index contributed by atoms with van der Waals surface area (Å²) < 4.78 is 0. The fourth-order valence-electron chi connectivity index (χ4n) is 1.60. The Morgan fingerprint density at radius 2 is 2.26 bits per heavy atom. The molecule has 19 heavy (non-hydrogen) atoms. The Labute approximate surface area is 119 Å². The van der Waals surface area contributed by atoms with Gasteiger partial charge in [0, 0.05) is 13.1 Å². The van der Waals surface area contributed by atoms with Crippen LogP contribution in [0.4, 0.5) is 5.69 Å². The Bertz CT molecular complexity index is 381. The predicted molar refractivity (Wildman–Crippen MR) is 82.9 cm³/mol. The quantitative estimate of drug-likeness (QED) is 0.769. The summed E-state index contributed by atoms with van der Waals surface area (Å²) in [5.41, 5.74) is 1.42. The van der Waals surface area contributed by atoms with Crippen molar-refractivity contribution < 1.29 is 4.79 Å². The first-order valence-corrected chi connectivity index (χ1v) is 8.03. The minimum absolute atomic E-state index is 0.102. The smallest absolute Gasteiger partial charge is 0.269 e. The number of hydrogen-bond acceptors (Lipinski definition) is 4. The highest BCUT2D eigenvalue weighted by Crippen LogP contribution is 2.07. The van der Waals surface area contributed by atoms with Gasteiger partial charge in [0.1, 0.15) is 5.69 Å². The van der Waals surface area contributed by atoms with Gasteiger partial charge in [-0.05, 0) is 36.5 Å². The molecule has 0 bridgehead atoms. The largest absolute Gasteiger partial charge is 0.384 e. The van der Waals surface area contributed by atoms with E-state index >= 15 is 0 Å². The molecule has 0 saturated carbocycles. The normalized spacial score (nSPS) is 11.9. The van der Waals surface area contributed by atoms with Crippen LogP contribution in [0.2, 0.25) is 0 Å². The van der Waals surface area contributed by atoms with Crippen LogP contribution in [0, 0.1) is 5.92 Å². The van der Waals surface area contributed by atoms with E-state index in [4.69, 9.17) is 0 Å². The lowest BCUT2D eigenvalue weighted by atomic mass is 10.2. The van der Waals surface area contributed by atoms with Crippen LogP contribution in [0.1, 0.15) is 30.8 Å². The van der Waals surface area contributed by atoms with Crippen LogP contribution in [-0.2, 0) is 0 Å². The monoisotopic (exact) mass is 281 g/mol. The van der Waals surface area contributed by atoms with Gasteiger partial charge in [-0.15, -0.1) is 0 Å². The number of rotatable bonds is 8. The molecular weight excluding hydrogens is 258 g/mol. The number of carbonyl (C=O) groups excluding carboxylic acids is 1. The molecule has 1 aromatic rings. The van der Waals surface area contributed by atoms with E-state index in [0.29, 0.717) is 18.2 Å². The Kier molecular flexibility index (Phi) is 7.33. The number of amides is 1. The summed E-state index contributed by atoms with van der Waals surface area (Å²) in [5.74, 6) is 1.42. The van der Waals surface area contributed by atoms with Gasteiger partial charge in [-0.25, -0.2) is 4.98 Å². The van der Waals surface area contributed by atoms with Crippen molar-refractivity contribution in [1.82, 2.24) is 10.3 Å². The van der Waals surface area contributed by atoms with Crippen LogP contribution >= 0.6 is 11.8 Å². The molecule has 0 aliphatic carbocycles. The number of aromatic nitrogens is 1. The molecule has 0 aromatic carbocycles. The van der Waals surface area contributed by atoms with E-state index in [1.807, 2.05) is 6.07 Å². The lowest BCUT2D eigenvalue weighted by Crippen LogP contribution is -2.29. The van der Waals surface area contributed by atoms with Crippen molar-refractivity contribution in [1.29, 1.82) is 0 Å². The summed E-state index contributed by atoms with van der Waals surface area (Å²) in [5, 5.41) is 6.14. The van der Waals surface area contributed by atoms with Crippen LogP contribution in [-0.4, -0.2) is 36.0 Å². The van der Waals surface area contributed by atoms with E-state index in [1.54, 1.807) is 24.0 Å². The molecule has 0 fully saturated rings. The number of pyridine rings is 1. The predicted octanol–water partition coefficient (Wildman–Crippen LogP) is 2.63. The minimum atomic E-state index is -0.102. The molecule has 0 aliphatic rings. The molecule has 106 valence electrons. The van der Waals surface area contributed by atoms with Crippen molar-refractivity contribution >= 4 is 23.4 Å². The zero-order chi connectivity index (χ0) is 14.1. The van der Waals surface area contributed by atoms with Crippen LogP contribution in [0.3, 0.4) is 0 Å². The Morgan fingerprint density at radius 3 is 2.84 bits per heavy atom. The fraction of sp³-hybridized carbons (Fsp3) is 0.571. The molecule has 0 spiro atoms. The van der Waals surface area contributed by atoms with Gasteiger partial charge in [0.15, 0.2) is 0 Å². The van der Waals surface area contributed by atoms with Crippen molar-refractivity contribution in [3.05, 3.63) is 24.0 Å². The summed E-state index contributed by atoms with van der Waals surface area (Å²) in [7, 11) is 0. The van der Waals surface area contributed by atoms with Crippen molar-refractivity contribution in [3.63, 3.8) is 0 Å². The van der Waals surface area contributed by atoms with Gasteiger partial charge < -0.3 is 10.6 Å². The molecule has 4 nitrogen and oxygen atoms in total. The number of nitrogens with one attached hydrogen (secondary N) is 2. The topological polar surface area (TPSA) is 54.0 Å². The van der Waals surface area contributed by atoms with E-state index in [2.05, 4.69) is 35.7 Å². The zero-order valence-electron chi connectivity index (χ0n) is 11.9. The maximum atomic E-state index is 11.9. The molecule has 1 heterocycles. The van der Waals surface area contributed by atoms with E-state index in [0.717, 1.165) is 24.4 Å². The summed E-state index contributed by atoms with van der Waals surface area (Å²) in [4.78, 5) is 16.1. The molecule has 0 radical (unpaired) electrons. The Hall–Kier alpha value is -1.23. The third-order valence-corrected chi connectivity index (χ3v) is 3.54. The molecular formula is C14H23N3OS. The van der Waals surface area contributed by atoms with E-state index in [1.165, 1.54) is 0 Å². The minimum Gasteiger partial charge on any atom is -0.384 e. The molecule has 1 atom stereocenters. The van der Waals surface area contributed by atoms with Crippen molar-refractivity contribution in [2.75, 3.05) is 30.4 Å². The second-order valence-corrected chi connectivity index (χ2v) is 5.54. The molecule has 1 aromatic heterocycles. The van der Waals surface area contributed by atoms with Gasteiger partial charge in [0.25, 0.3) is 5.91 Å². The number of nitrogens with zero attached hydrogens (tertiary/aromatic N) is 1. The molecule has 1 rings (SSSR count). The van der Waals surface area contributed by atoms with Gasteiger partial charge in [-0.3, -0.25) is 4.79 Å². The van der Waals surface area contributed by atoms with Crippen molar-refractivity contribution in [2.24, 2.45) is 5.92 Å². The average Bonchev–Trinajstić information content (AvgIpc) is 2.43. The van der Waals surface area contributed by atoms with Gasteiger partial charge in [-0.2, -0.15) is 11.8 Å². The van der Waals surface area contributed by atoms with Crippen LogP contribution < -0.4 is 10.6 Å². The van der Waals surface area contributed by atoms with E-state index in [-0.39, 0.29) is 5.91 Å². The maximum absolute atomic E-state index is 11.9. The number of anilines is 1. The first kappa shape index (κ1) is 15.8. The standard InChI is InChI=1S/C14H23N3OS/c1-4-7-15-12-5-6-13(16-9-12)14(18)17-8-11(2)10-19-3/h5-6,9,11,15H,4,7-8,10H2,1-3H3,(H,17,18). The van der Waals surface area contributed by atoms with Gasteiger partial charge in [-0.1, -0.05) is 13.8 Å². The molecule has 5 heteroatoms. The summed E-state index contributed by atoms with van der Waals surface area (Å²) in [6.45, 7) is 5.84. The number of hydrogen-bond donors (Lipinski definition) is 2. The van der Waals surface area contributed by atoms with Crippen LogP contribution in [0.25, 0.3) is 0 Å². The van der Waals surface area contributed by atoms with Crippen LogP contribution in [0.15, 0.2) is 18.3 Å². The summed E-state index contributed by atoms with van der Waals surface area (Å²) >= 11 is 1.79. The Balaban J connectivity index is 2.44. The van der Waals surface area contributed by atoms with Gasteiger partial charge in [0.05, 0.1) is 11.9 Å². The second kappa shape index (κ2) is 8.80. The molecule has 2 N–H and O–H groups in total. The third kappa shape index (κ3) is 5.96. The maximum Gasteiger partial charge on any atom is 0.269 e. The fourth-order valence-corrected chi connectivity index (χ4v) is 2.29. The van der Waals surface area contributed by atoms with Gasteiger partial charge >= 0.3 is 0 Å². The summed E-state index contributed by atoms with van der Waals surface area (Å²) in [6, 6.07) is 3.65. The summed E-state index contributed by atoms with van der Waals surface area (Å²) in [6.07, 6.45) is 4.84. The number of carbonyl (C=O) groups is 1. The van der Waals surface area contributed by atoms with E-state index in [9.17, 15) is 4.79 Å². The van der Waals surface area contributed by atoms with E-state index < -0.39 is 0 Å². The SMILES string of the molecule is CCCNc1ccc(C(=O)NCC(C)CSC)nc1. The highest BCUT2D eigenvalue weighted by molar-refractivity contribution is 7.98. The second-order valence-electron chi connectivity index (χ2n) is 4.63. The lowest BCUT2D eigenvalue weighted by Gasteiger charge is -2.11. The molecule has 1 amide bonds. The molecule has 1 unspecified atom stereocenters. The number of thioether (sulfide) groups is 1. The molecule has 0 aliphatic heterocycles. The van der Waals surface area contributed by atoms with Gasteiger partial charge in [0.2, 0.25) is 0 Å². The first-order chi connectivity index (χ1) is 9.17.